The van der Waals surface area contributed by atoms with Crippen molar-refractivity contribution in [1.82, 2.24) is 15.3 Å². The third-order valence-corrected chi connectivity index (χ3v) is 9.63. The highest BCUT2D eigenvalue weighted by atomic mass is 16.5. The van der Waals surface area contributed by atoms with E-state index in [-0.39, 0.29) is 83.3 Å². The summed E-state index contributed by atoms with van der Waals surface area (Å²) in [6.45, 7) is 0. The molecule has 20 heteroatoms. The van der Waals surface area contributed by atoms with E-state index >= 15 is 0 Å². The van der Waals surface area contributed by atoms with Crippen LogP contribution in [0.15, 0.2) is 11.1 Å². The van der Waals surface area contributed by atoms with Crippen molar-refractivity contribution >= 4 is 53.7 Å². The first-order chi connectivity index (χ1) is 27.0. The molecule has 1 aliphatic rings. The molecule has 1 atom stereocenters. The summed E-state index contributed by atoms with van der Waals surface area (Å²) < 4.78 is 29.0. The molecule has 0 aliphatic carbocycles. The van der Waals surface area contributed by atoms with Gasteiger partial charge in [-0.25, -0.2) is 9.59 Å². The maximum Gasteiger partial charge on any atom is 0.352 e. The van der Waals surface area contributed by atoms with Gasteiger partial charge in [0.05, 0.1) is 67.5 Å². The number of carboxylic acid groups (broad SMARTS) is 2. The number of rotatable bonds is 21. The number of nitrogens with one attached hydrogen (secondary N) is 3. The number of H-pyrrole nitrogens is 2. The fourth-order valence-corrected chi connectivity index (χ4v) is 6.86. The highest BCUT2D eigenvalue weighted by Gasteiger charge is 2.48. The molecular formula is C37H45N3O17. The molecule has 3 heterocycles. The Hall–Kier alpha value is -6.47. The molecule has 0 spiro atoms. The van der Waals surface area contributed by atoms with E-state index in [2.05, 4.69) is 15.3 Å². The van der Waals surface area contributed by atoms with Crippen LogP contribution in [-0.4, -0.2) is 122 Å². The van der Waals surface area contributed by atoms with E-state index in [0.717, 1.165) is 42.7 Å². The normalized spacial score (nSPS) is 14.7. The minimum absolute atomic E-state index is 0.0350. The Morgan fingerprint density at radius 3 is 1.35 bits per heavy atom. The summed E-state index contributed by atoms with van der Waals surface area (Å²) in [7, 11) is 6.74. The lowest BCUT2D eigenvalue weighted by Gasteiger charge is -2.33. The second kappa shape index (κ2) is 19.9. The Kier molecular flexibility index (Phi) is 15.7. The van der Waals surface area contributed by atoms with E-state index < -0.39 is 103 Å². The highest BCUT2D eigenvalue weighted by molar-refractivity contribution is 6.00. The number of carbonyl (C=O) groups excluding carboxylic acids is 7. The standard InChI is InChI=1S/C37H45N3O17/c1-52-26(41)10-7-18-22(14-30(45)56-5)33(36(50)51)38-24(18)16-37(23(15-31(46)57-6)20(34(47)40-37)9-12-28(43)54-3)17-25-21(13-29(44)55-4)19(8-11-27(42)53-2)32(39-25)35(48)49/h38-39H,7-17H2,1-6H3,(H,40,47)(H,48,49)(H,50,51). The second-order valence-electron chi connectivity index (χ2n) is 12.8. The molecule has 0 bridgehead atoms. The minimum atomic E-state index is -1.80. The second-order valence-corrected chi connectivity index (χ2v) is 12.8. The van der Waals surface area contributed by atoms with Crippen molar-refractivity contribution in [3.63, 3.8) is 0 Å². The number of methoxy groups -OCH3 is 6. The van der Waals surface area contributed by atoms with Gasteiger partial charge < -0.3 is 53.9 Å². The predicted molar refractivity (Wildman–Crippen MR) is 191 cm³/mol. The lowest BCUT2D eigenvalue weighted by molar-refractivity contribution is -0.141. The molecule has 0 radical (unpaired) electrons. The summed E-state index contributed by atoms with van der Waals surface area (Å²) in [4.78, 5) is 120. The number of amides is 1. The van der Waals surface area contributed by atoms with Crippen molar-refractivity contribution in [3.8, 4) is 0 Å². The summed E-state index contributed by atoms with van der Waals surface area (Å²) in [6.07, 6.45) is -3.96. The van der Waals surface area contributed by atoms with E-state index in [1.54, 1.807) is 0 Å². The lowest BCUT2D eigenvalue weighted by Crippen LogP contribution is -2.49. The molecule has 57 heavy (non-hydrogen) atoms. The Balaban J connectivity index is 2.48. The number of aromatic carboxylic acids is 2. The Morgan fingerprint density at radius 1 is 0.509 bits per heavy atom. The van der Waals surface area contributed by atoms with Gasteiger partial charge >= 0.3 is 47.8 Å². The molecule has 2 aromatic heterocycles. The number of aromatic amines is 2. The molecular weight excluding hydrogens is 758 g/mol. The van der Waals surface area contributed by atoms with Crippen LogP contribution in [0.1, 0.15) is 86.7 Å². The zero-order valence-corrected chi connectivity index (χ0v) is 32.3. The van der Waals surface area contributed by atoms with Crippen LogP contribution in [0.3, 0.4) is 0 Å². The molecule has 1 aliphatic heterocycles. The van der Waals surface area contributed by atoms with Crippen molar-refractivity contribution < 1.29 is 81.8 Å². The van der Waals surface area contributed by atoms with Gasteiger partial charge in [0.2, 0.25) is 5.91 Å². The van der Waals surface area contributed by atoms with Crippen LogP contribution >= 0.6 is 0 Å². The van der Waals surface area contributed by atoms with Crippen LogP contribution < -0.4 is 5.32 Å². The number of ether oxygens (including phenoxy) is 6. The lowest BCUT2D eigenvalue weighted by atomic mass is 9.77. The number of esters is 6. The largest absolute Gasteiger partial charge is 0.477 e. The third kappa shape index (κ3) is 10.9. The summed E-state index contributed by atoms with van der Waals surface area (Å²) >= 11 is 0. The number of carbonyl (C=O) groups is 9. The Morgan fingerprint density at radius 2 is 0.895 bits per heavy atom. The van der Waals surface area contributed by atoms with E-state index in [1.165, 1.54) is 0 Å². The molecule has 0 aromatic carbocycles. The number of hydrogen-bond donors (Lipinski definition) is 5. The van der Waals surface area contributed by atoms with Gasteiger partial charge in [-0.3, -0.25) is 33.6 Å². The van der Waals surface area contributed by atoms with Gasteiger partial charge in [-0.15, -0.1) is 0 Å². The van der Waals surface area contributed by atoms with Gasteiger partial charge in [-0.05, 0) is 47.1 Å². The van der Waals surface area contributed by atoms with Crippen LogP contribution in [0.2, 0.25) is 0 Å². The molecule has 1 amide bonds. The molecule has 2 aromatic rings. The van der Waals surface area contributed by atoms with Crippen molar-refractivity contribution in [2.75, 3.05) is 42.7 Å². The summed E-state index contributed by atoms with van der Waals surface area (Å²) in [6, 6.07) is 0. The summed E-state index contributed by atoms with van der Waals surface area (Å²) in [5, 5.41) is 23.4. The number of carboxylic acids is 2. The monoisotopic (exact) mass is 803 g/mol. The first-order valence-electron chi connectivity index (χ1n) is 17.4. The van der Waals surface area contributed by atoms with Gasteiger partial charge in [0.25, 0.3) is 0 Å². The SMILES string of the molecule is COC(=O)CCC1=C(CC(=O)OC)C(Cc2[nH]c(C(=O)O)c(CCC(=O)OC)c2CC(=O)OC)(Cc2[nH]c(C(=O)O)c(CC(=O)OC)c2CCC(=O)OC)NC1=O. The molecule has 3 rings (SSSR count). The highest BCUT2D eigenvalue weighted by Crippen LogP contribution is 2.41. The van der Waals surface area contributed by atoms with Crippen molar-refractivity contribution in [1.29, 1.82) is 0 Å². The average molecular weight is 804 g/mol. The first-order valence-corrected chi connectivity index (χ1v) is 17.4. The van der Waals surface area contributed by atoms with Crippen LogP contribution in [0.5, 0.6) is 0 Å². The van der Waals surface area contributed by atoms with Gasteiger partial charge in [-0.1, -0.05) is 0 Å². The molecule has 310 valence electrons. The number of aromatic nitrogens is 2. The Labute approximate surface area is 325 Å². The van der Waals surface area contributed by atoms with Crippen LogP contribution in [0.25, 0.3) is 0 Å². The number of hydrogen-bond acceptors (Lipinski definition) is 15. The zero-order chi connectivity index (χ0) is 42.6. The Bertz CT molecular complexity index is 1970. The molecule has 0 saturated carbocycles. The summed E-state index contributed by atoms with van der Waals surface area (Å²) in [5.74, 6) is -8.20. The van der Waals surface area contributed by atoms with E-state index in [9.17, 15) is 53.4 Å². The smallest absolute Gasteiger partial charge is 0.352 e. The molecule has 0 fully saturated rings. The summed E-state index contributed by atoms with van der Waals surface area (Å²) in [5.41, 5.74) is -2.22. The minimum Gasteiger partial charge on any atom is -0.477 e. The van der Waals surface area contributed by atoms with Gasteiger partial charge in [-0.2, -0.15) is 0 Å². The van der Waals surface area contributed by atoms with Crippen molar-refractivity contribution in [2.24, 2.45) is 0 Å². The van der Waals surface area contributed by atoms with Crippen molar-refractivity contribution in [2.45, 2.75) is 76.2 Å². The van der Waals surface area contributed by atoms with Gasteiger partial charge in [0.15, 0.2) is 0 Å². The van der Waals surface area contributed by atoms with Crippen LogP contribution in [0, 0.1) is 0 Å². The van der Waals surface area contributed by atoms with Crippen LogP contribution in [-0.2, 0) is 101 Å². The van der Waals surface area contributed by atoms with E-state index in [4.69, 9.17) is 28.4 Å². The van der Waals surface area contributed by atoms with Crippen molar-refractivity contribution in [3.05, 3.63) is 56.2 Å². The molecule has 20 nitrogen and oxygen atoms in total. The predicted octanol–water partition coefficient (Wildman–Crippen LogP) is 0.848. The maximum absolute atomic E-state index is 14.0. The third-order valence-electron chi connectivity index (χ3n) is 9.63. The first kappa shape index (κ1) is 44.9. The molecule has 0 saturated heterocycles. The maximum atomic E-state index is 14.0. The van der Waals surface area contributed by atoms with E-state index in [0.29, 0.717) is 0 Å². The molecule has 5 N–H and O–H groups in total. The van der Waals surface area contributed by atoms with Crippen LogP contribution in [0.4, 0.5) is 0 Å². The van der Waals surface area contributed by atoms with Gasteiger partial charge in [0, 0.05) is 49.1 Å². The fraction of sp³-hybridized carbons (Fsp3) is 0.486. The molecule has 1 unspecified atom stereocenters. The van der Waals surface area contributed by atoms with Gasteiger partial charge in [0.1, 0.15) is 11.4 Å². The zero-order valence-electron chi connectivity index (χ0n) is 32.3. The van der Waals surface area contributed by atoms with E-state index in [1.807, 2.05) is 0 Å². The topological polar surface area (TPSA) is 293 Å². The average Bonchev–Trinajstić information content (AvgIpc) is 3.78. The quantitative estimate of drug-likeness (QED) is 0.0863. The fourth-order valence-electron chi connectivity index (χ4n) is 6.86.